The fraction of sp³-hybridized carbons (Fsp3) is 0.276. The van der Waals surface area contributed by atoms with Crippen molar-refractivity contribution in [2.75, 3.05) is 14.2 Å². The number of aromatic nitrogens is 1. The molecule has 0 bridgehead atoms. The summed E-state index contributed by atoms with van der Waals surface area (Å²) < 4.78 is 17.6. The molecule has 0 atom stereocenters. The van der Waals surface area contributed by atoms with E-state index in [1.54, 1.807) is 19.1 Å². The number of nitriles is 1. The van der Waals surface area contributed by atoms with Crippen molar-refractivity contribution in [2.45, 2.75) is 40.7 Å². The van der Waals surface area contributed by atoms with Crippen LogP contribution in [0.1, 0.15) is 49.5 Å². The Kier molecular flexibility index (Phi) is 6.82. The van der Waals surface area contributed by atoms with E-state index in [2.05, 4.69) is 0 Å². The molecule has 8 nitrogen and oxygen atoms in total. The van der Waals surface area contributed by atoms with Crippen LogP contribution in [0.2, 0.25) is 0 Å². The van der Waals surface area contributed by atoms with Gasteiger partial charge in [-0.05, 0) is 80.6 Å². The number of hydrogen-bond donors (Lipinski definition) is 1. The second-order valence-electron chi connectivity index (χ2n) is 9.02. The Morgan fingerprint density at radius 1 is 1.03 bits per heavy atom. The van der Waals surface area contributed by atoms with Gasteiger partial charge in [0, 0.05) is 17.5 Å². The number of furan rings is 1. The van der Waals surface area contributed by atoms with Gasteiger partial charge in [0.25, 0.3) is 5.56 Å². The number of nitrogens with zero attached hydrogens (tertiary/aromatic N) is 2. The number of aromatic hydroxyl groups is 1. The van der Waals surface area contributed by atoms with Crippen molar-refractivity contribution >= 4 is 16.8 Å². The minimum Gasteiger partial charge on any atom is -0.494 e. The Morgan fingerprint density at radius 2 is 1.70 bits per heavy atom. The van der Waals surface area contributed by atoms with Crippen LogP contribution in [0, 0.1) is 39.0 Å². The van der Waals surface area contributed by atoms with Gasteiger partial charge in [-0.15, -0.1) is 0 Å². The summed E-state index contributed by atoms with van der Waals surface area (Å²) in [6, 6.07) is 11.1. The standard InChI is InChI=1S/C29H28N2O6/c1-15-11-20-18(4)27(37-23(20)12-16(15)2)26(32)25-17(3)21(14-30)28(33)31(29(25)34)10-9-19-7-8-22(35-5)24(13-19)36-6/h7-8,11-13,34H,9-10H2,1-6H3. The van der Waals surface area contributed by atoms with Crippen LogP contribution in [-0.2, 0) is 13.0 Å². The molecule has 4 aromatic rings. The molecule has 0 unspecified atom stereocenters. The average molecular weight is 501 g/mol. The molecule has 0 aliphatic heterocycles. The van der Waals surface area contributed by atoms with Crippen LogP contribution in [0.25, 0.3) is 11.0 Å². The van der Waals surface area contributed by atoms with Crippen molar-refractivity contribution < 1.29 is 23.8 Å². The second-order valence-corrected chi connectivity index (χ2v) is 9.02. The Hall–Kier alpha value is -4.51. The van der Waals surface area contributed by atoms with E-state index < -0.39 is 17.2 Å². The molecular formula is C29H28N2O6. The smallest absolute Gasteiger partial charge is 0.271 e. The number of benzene rings is 2. The lowest BCUT2D eigenvalue weighted by atomic mass is 9.98. The number of carbonyl (C=O) groups is 1. The molecule has 190 valence electrons. The summed E-state index contributed by atoms with van der Waals surface area (Å²) in [4.78, 5) is 26.8. The van der Waals surface area contributed by atoms with E-state index in [1.165, 1.54) is 21.1 Å². The molecular weight excluding hydrogens is 472 g/mol. The van der Waals surface area contributed by atoms with Gasteiger partial charge in [0.15, 0.2) is 17.3 Å². The minimum atomic E-state index is -0.665. The number of pyridine rings is 1. The number of rotatable bonds is 7. The first-order chi connectivity index (χ1) is 17.6. The van der Waals surface area contributed by atoms with Crippen LogP contribution >= 0.6 is 0 Å². The third kappa shape index (κ3) is 4.33. The lowest BCUT2D eigenvalue weighted by Gasteiger charge is -2.16. The molecule has 2 aromatic heterocycles. The van der Waals surface area contributed by atoms with Gasteiger partial charge in [0.2, 0.25) is 11.7 Å². The van der Waals surface area contributed by atoms with Crippen LogP contribution in [0.15, 0.2) is 39.5 Å². The number of fused-ring (bicyclic) bond motifs is 1. The first-order valence-corrected chi connectivity index (χ1v) is 11.7. The van der Waals surface area contributed by atoms with Crippen LogP contribution in [0.4, 0.5) is 0 Å². The molecule has 0 spiro atoms. The van der Waals surface area contributed by atoms with Gasteiger partial charge in [-0.2, -0.15) is 5.26 Å². The Labute approximate surface area is 214 Å². The molecule has 0 radical (unpaired) electrons. The molecule has 4 rings (SSSR count). The van der Waals surface area contributed by atoms with E-state index in [4.69, 9.17) is 13.9 Å². The van der Waals surface area contributed by atoms with Gasteiger partial charge < -0.3 is 19.0 Å². The zero-order chi connectivity index (χ0) is 27.0. The van der Waals surface area contributed by atoms with Crippen molar-refractivity contribution in [1.29, 1.82) is 5.26 Å². The average Bonchev–Trinajstić information content (AvgIpc) is 3.19. The molecule has 37 heavy (non-hydrogen) atoms. The molecule has 0 aliphatic rings. The zero-order valence-corrected chi connectivity index (χ0v) is 21.7. The lowest BCUT2D eigenvalue weighted by Crippen LogP contribution is -2.27. The fourth-order valence-corrected chi connectivity index (χ4v) is 4.51. The predicted octanol–water partition coefficient (Wildman–Crippen LogP) is 4.90. The van der Waals surface area contributed by atoms with Crippen molar-refractivity contribution in [1.82, 2.24) is 4.57 Å². The molecule has 2 aromatic carbocycles. The maximum absolute atomic E-state index is 13.7. The number of aryl methyl sites for hydroxylation is 4. The van der Waals surface area contributed by atoms with Crippen LogP contribution in [0.5, 0.6) is 17.4 Å². The van der Waals surface area contributed by atoms with Crippen LogP contribution < -0.4 is 15.0 Å². The second kappa shape index (κ2) is 9.86. The van der Waals surface area contributed by atoms with Gasteiger partial charge in [-0.3, -0.25) is 14.2 Å². The first kappa shape index (κ1) is 25.6. The molecule has 0 aliphatic carbocycles. The molecule has 0 fully saturated rings. The molecule has 0 saturated carbocycles. The van der Waals surface area contributed by atoms with Crippen molar-refractivity contribution in [3.63, 3.8) is 0 Å². The van der Waals surface area contributed by atoms with Gasteiger partial charge in [-0.25, -0.2) is 0 Å². The van der Waals surface area contributed by atoms with Crippen LogP contribution in [0.3, 0.4) is 0 Å². The van der Waals surface area contributed by atoms with E-state index in [-0.39, 0.29) is 29.0 Å². The summed E-state index contributed by atoms with van der Waals surface area (Å²) in [6.45, 7) is 7.23. The molecule has 1 N–H and O–H groups in total. The molecule has 0 saturated heterocycles. The molecule has 2 heterocycles. The Morgan fingerprint density at radius 3 is 2.35 bits per heavy atom. The minimum absolute atomic E-state index is 0.0346. The highest BCUT2D eigenvalue weighted by molar-refractivity contribution is 6.12. The summed E-state index contributed by atoms with van der Waals surface area (Å²) in [5.74, 6) is 0.0645. The number of ketones is 1. The molecule has 8 heteroatoms. The number of hydrogen-bond acceptors (Lipinski definition) is 7. The normalized spacial score (nSPS) is 10.9. The van der Waals surface area contributed by atoms with Gasteiger partial charge in [-0.1, -0.05) is 6.07 Å². The monoisotopic (exact) mass is 500 g/mol. The van der Waals surface area contributed by atoms with Gasteiger partial charge in [0.1, 0.15) is 17.2 Å². The highest BCUT2D eigenvalue weighted by Crippen LogP contribution is 2.33. The zero-order valence-electron chi connectivity index (χ0n) is 21.7. The Bertz CT molecular complexity index is 1650. The first-order valence-electron chi connectivity index (χ1n) is 11.7. The third-order valence-electron chi connectivity index (χ3n) is 6.86. The lowest BCUT2D eigenvalue weighted by molar-refractivity contribution is 0.100. The van der Waals surface area contributed by atoms with Gasteiger partial charge >= 0.3 is 0 Å². The van der Waals surface area contributed by atoms with Crippen LogP contribution in [-0.4, -0.2) is 29.7 Å². The van der Waals surface area contributed by atoms with Crippen molar-refractivity contribution in [3.8, 4) is 23.4 Å². The summed E-state index contributed by atoms with van der Waals surface area (Å²) in [7, 11) is 3.06. The summed E-state index contributed by atoms with van der Waals surface area (Å²) >= 11 is 0. The third-order valence-corrected chi connectivity index (χ3v) is 6.86. The highest BCUT2D eigenvalue weighted by Gasteiger charge is 2.28. The van der Waals surface area contributed by atoms with E-state index in [0.29, 0.717) is 29.1 Å². The van der Waals surface area contributed by atoms with E-state index in [1.807, 2.05) is 38.1 Å². The van der Waals surface area contributed by atoms with E-state index in [9.17, 15) is 20.0 Å². The topological polar surface area (TPSA) is 115 Å². The predicted molar refractivity (Wildman–Crippen MR) is 139 cm³/mol. The van der Waals surface area contributed by atoms with Crippen molar-refractivity contribution in [2.24, 2.45) is 0 Å². The molecule has 0 amide bonds. The Balaban J connectivity index is 1.80. The van der Waals surface area contributed by atoms with E-state index >= 15 is 0 Å². The highest BCUT2D eigenvalue weighted by atomic mass is 16.5. The summed E-state index contributed by atoms with van der Waals surface area (Å²) in [5.41, 5.74) is 3.21. The summed E-state index contributed by atoms with van der Waals surface area (Å²) in [5, 5.41) is 21.7. The largest absolute Gasteiger partial charge is 0.494 e. The number of carbonyl (C=O) groups excluding carboxylic acids is 1. The maximum atomic E-state index is 13.7. The van der Waals surface area contributed by atoms with E-state index in [0.717, 1.165) is 26.6 Å². The number of ether oxygens (including phenoxy) is 2. The fourth-order valence-electron chi connectivity index (χ4n) is 4.51. The van der Waals surface area contributed by atoms with Crippen molar-refractivity contribution in [3.05, 3.63) is 85.4 Å². The summed E-state index contributed by atoms with van der Waals surface area (Å²) in [6.07, 6.45) is 0.331. The number of methoxy groups -OCH3 is 2. The van der Waals surface area contributed by atoms with Gasteiger partial charge in [0.05, 0.1) is 19.8 Å². The quantitative estimate of drug-likeness (QED) is 0.359. The SMILES string of the molecule is COc1ccc(CCn2c(O)c(C(=O)c3oc4cc(C)c(C)cc4c3C)c(C)c(C#N)c2=O)cc1OC. The maximum Gasteiger partial charge on any atom is 0.271 e.